The van der Waals surface area contributed by atoms with E-state index < -0.39 is 108 Å². The van der Waals surface area contributed by atoms with E-state index in [1.165, 1.54) is 11.8 Å². The SMILES string of the molecule is C[C@H](NC(=O)[C@H](CC(=O)O)NC(=O)[C@H](Cc1ccccc1)NC(=O)[C@H](Cc1ccccc1)NC(=O)[C@H](CCCNC(=N)N)NC(=O)[C@@H]1CCCN1)C(=O)N[C@@H](Cc1ccccc1)C(=O)N1CCC[C@@H]1C(=O)O. The number of nitrogens with one attached hydrogen (secondary N) is 9. The van der Waals surface area contributed by atoms with Gasteiger partial charge in [-0.2, -0.15) is 0 Å². The van der Waals surface area contributed by atoms with E-state index in [1.54, 1.807) is 91.0 Å². The molecule has 72 heavy (non-hydrogen) atoms. The molecule has 0 radical (unpaired) electrons. The van der Waals surface area contributed by atoms with Crippen molar-refractivity contribution in [3.05, 3.63) is 108 Å². The number of carboxylic acid groups (broad SMARTS) is 2. The molecule has 3 aromatic rings. The van der Waals surface area contributed by atoms with Gasteiger partial charge in [-0.05, 0) is 68.7 Å². The molecule has 7 amide bonds. The van der Waals surface area contributed by atoms with E-state index in [2.05, 4.69) is 42.5 Å². The van der Waals surface area contributed by atoms with Crippen molar-refractivity contribution >= 4 is 59.2 Å². The van der Waals surface area contributed by atoms with Crippen LogP contribution in [0.1, 0.15) is 68.6 Å². The summed E-state index contributed by atoms with van der Waals surface area (Å²) in [5.74, 6) is -8.41. The number of nitrogens with zero attached hydrogens (tertiary/aromatic N) is 1. The average molecular weight is 996 g/mol. The average Bonchev–Trinajstić information content (AvgIpc) is 4.09. The number of rotatable bonds is 26. The van der Waals surface area contributed by atoms with Crippen LogP contribution in [-0.2, 0) is 62.4 Å². The van der Waals surface area contributed by atoms with Gasteiger partial charge in [0, 0.05) is 32.4 Å². The van der Waals surface area contributed by atoms with Crippen LogP contribution in [0.25, 0.3) is 0 Å². The van der Waals surface area contributed by atoms with Crippen molar-refractivity contribution in [3.63, 3.8) is 0 Å². The molecule has 2 heterocycles. The monoisotopic (exact) mass is 995 g/mol. The Morgan fingerprint density at radius 2 is 1.12 bits per heavy atom. The molecule has 8 atom stereocenters. The normalized spacial score (nSPS) is 17.6. The number of likely N-dealkylation sites (tertiary alicyclic amines) is 1. The Morgan fingerprint density at radius 3 is 1.61 bits per heavy atom. The lowest BCUT2D eigenvalue weighted by molar-refractivity contribution is -0.149. The third-order valence-electron chi connectivity index (χ3n) is 12.3. The van der Waals surface area contributed by atoms with E-state index in [1.807, 2.05) is 0 Å². The zero-order valence-electron chi connectivity index (χ0n) is 40.1. The van der Waals surface area contributed by atoms with Gasteiger partial charge in [0.1, 0.15) is 42.3 Å². The van der Waals surface area contributed by atoms with Gasteiger partial charge in [0.25, 0.3) is 0 Å². The van der Waals surface area contributed by atoms with Gasteiger partial charge in [-0.1, -0.05) is 91.0 Å². The van der Waals surface area contributed by atoms with Crippen molar-refractivity contribution < 1.29 is 53.4 Å². The van der Waals surface area contributed by atoms with E-state index >= 15 is 0 Å². The van der Waals surface area contributed by atoms with Crippen molar-refractivity contribution in [2.24, 2.45) is 5.73 Å². The highest BCUT2D eigenvalue weighted by atomic mass is 16.4. The second-order valence-corrected chi connectivity index (χ2v) is 17.9. The summed E-state index contributed by atoms with van der Waals surface area (Å²) in [5.41, 5.74) is 7.30. The molecule has 22 nitrogen and oxygen atoms in total. The molecule has 3 aromatic carbocycles. The highest BCUT2D eigenvalue weighted by molar-refractivity contribution is 5.98. The molecule has 0 saturated carbocycles. The number of hydrogen-bond donors (Lipinski definition) is 12. The van der Waals surface area contributed by atoms with Crippen LogP contribution in [0.2, 0.25) is 0 Å². The molecule has 22 heteroatoms. The van der Waals surface area contributed by atoms with Crippen LogP contribution in [0, 0.1) is 5.41 Å². The van der Waals surface area contributed by atoms with Gasteiger partial charge in [0.15, 0.2) is 5.96 Å². The first kappa shape index (κ1) is 55.1. The topological polar surface area (TPSA) is 343 Å². The van der Waals surface area contributed by atoms with Gasteiger partial charge in [0.05, 0.1) is 12.5 Å². The van der Waals surface area contributed by atoms with Gasteiger partial charge in [-0.15, -0.1) is 0 Å². The second kappa shape index (κ2) is 27.5. The number of nitrogens with two attached hydrogens (primary N) is 1. The van der Waals surface area contributed by atoms with Crippen molar-refractivity contribution in [3.8, 4) is 0 Å². The van der Waals surface area contributed by atoms with Gasteiger partial charge < -0.3 is 63.4 Å². The molecule has 0 unspecified atom stereocenters. The van der Waals surface area contributed by atoms with Crippen LogP contribution in [0.4, 0.5) is 0 Å². The van der Waals surface area contributed by atoms with E-state index in [0.29, 0.717) is 42.5 Å². The fraction of sp³-hybridized carbons (Fsp3) is 0.440. The molecule has 0 spiro atoms. The summed E-state index contributed by atoms with van der Waals surface area (Å²) in [4.78, 5) is 123. The number of carbonyl (C=O) groups excluding carboxylic acids is 7. The summed E-state index contributed by atoms with van der Waals surface area (Å²) in [6.45, 7) is 2.30. The molecular weight excluding hydrogens is 931 g/mol. The van der Waals surface area contributed by atoms with E-state index in [9.17, 15) is 53.4 Å². The molecule has 5 rings (SSSR count). The summed E-state index contributed by atoms with van der Waals surface area (Å²) in [7, 11) is 0. The Hall–Kier alpha value is -7.88. The van der Waals surface area contributed by atoms with Crippen molar-refractivity contribution in [2.45, 2.75) is 119 Å². The summed E-state index contributed by atoms with van der Waals surface area (Å²) in [6.07, 6.45) is 1.25. The smallest absolute Gasteiger partial charge is 0.326 e. The lowest BCUT2D eigenvalue weighted by atomic mass is 10.0. The van der Waals surface area contributed by atoms with Crippen molar-refractivity contribution in [2.75, 3.05) is 19.6 Å². The zero-order valence-corrected chi connectivity index (χ0v) is 40.1. The number of guanidine groups is 1. The highest BCUT2D eigenvalue weighted by Crippen LogP contribution is 2.20. The van der Waals surface area contributed by atoms with Gasteiger partial charge in [0.2, 0.25) is 41.4 Å². The fourth-order valence-corrected chi connectivity index (χ4v) is 8.51. The molecule has 0 bridgehead atoms. The predicted molar refractivity (Wildman–Crippen MR) is 262 cm³/mol. The Kier molecular flexibility index (Phi) is 21.0. The van der Waals surface area contributed by atoms with Gasteiger partial charge >= 0.3 is 11.9 Å². The number of carbonyl (C=O) groups is 9. The molecule has 386 valence electrons. The first-order valence-corrected chi connectivity index (χ1v) is 24.0. The minimum Gasteiger partial charge on any atom is -0.481 e. The summed E-state index contributed by atoms with van der Waals surface area (Å²) < 4.78 is 0. The van der Waals surface area contributed by atoms with Crippen molar-refractivity contribution in [1.82, 2.24) is 47.4 Å². The van der Waals surface area contributed by atoms with Crippen LogP contribution in [0.5, 0.6) is 0 Å². The lowest BCUT2D eigenvalue weighted by Crippen LogP contribution is -2.60. The standard InChI is InChI=1S/C50H65N11O11/c1-30(42(64)60-39(28-33-18-9-4-10-19-33)48(70)61-25-13-22-40(61)49(71)72)55-45(67)38(29-41(62)63)59-47(69)37(27-32-16-7-3-8-17-32)58-46(68)36(26-31-14-5-2-6-15-31)57-44(66)35(21-12-24-54-50(51)52)56-43(65)34-20-11-23-53-34/h2-10,14-19,30,34-40,53H,11-13,20-29H2,1H3,(H,55,67)(H,56,65)(H,57,66)(H,58,68)(H,59,69)(H,60,64)(H,62,63)(H,71,72)(H4,51,52,54)/t30-,34-,35-,36-,37-,38-,39-,40+/m0/s1. The summed E-state index contributed by atoms with van der Waals surface area (Å²) in [6, 6.07) is 16.0. The summed E-state index contributed by atoms with van der Waals surface area (Å²) >= 11 is 0. The Morgan fingerprint density at radius 1 is 0.639 bits per heavy atom. The third-order valence-corrected chi connectivity index (χ3v) is 12.3. The number of hydrogen-bond acceptors (Lipinski definition) is 11. The Balaban J connectivity index is 1.34. The molecule has 0 aromatic heterocycles. The second-order valence-electron chi connectivity index (χ2n) is 17.9. The maximum atomic E-state index is 14.5. The third kappa shape index (κ3) is 17.2. The number of carboxylic acids is 2. The first-order valence-electron chi connectivity index (χ1n) is 24.0. The molecule has 2 fully saturated rings. The van der Waals surface area contributed by atoms with Crippen LogP contribution >= 0.6 is 0 Å². The van der Waals surface area contributed by atoms with E-state index in [4.69, 9.17) is 11.1 Å². The van der Waals surface area contributed by atoms with E-state index in [0.717, 1.165) is 6.42 Å². The Labute approximate surface area is 416 Å². The minimum atomic E-state index is -1.79. The molecule has 2 aliphatic rings. The largest absolute Gasteiger partial charge is 0.481 e. The van der Waals surface area contributed by atoms with Gasteiger partial charge in [-0.25, -0.2) is 4.79 Å². The zero-order chi connectivity index (χ0) is 52.2. The Bertz CT molecular complexity index is 2370. The minimum absolute atomic E-state index is 0.00770. The van der Waals surface area contributed by atoms with Crippen LogP contribution in [0.3, 0.4) is 0 Å². The van der Waals surface area contributed by atoms with E-state index in [-0.39, 0.29) is 51.2 Å². The molecule has 2 aliphatic heterocycles. The highest BCUT2D eigenvalue weighted by Gasteiger charge is 2.39. The molecule has 13 N–H and O–H groups in total. The number of aliphatic carboxylic acids is 2. The molecule has 2 saturated heterocycles. The molecular formula is C50H65N11O11. The number of amides is 7. The van der Waals surface area contributed by atoms with Crippen LogP contribution < -0.4 is 48.3 Å². The van der Waals surface area contributed by atoms with Crippen molar-refractivity contribution in [1.29, 1.82) is 5.41 Å². The molecule has 0 aliphatic carbocycles. The van der Waals surface area contributed by atoms with Crippen LogP contribution in [-0.4, -0.2) is 142 Å². The maximum absolute atomic E-state index is 14.5. The fourth-order valence-electron chi connectivity index (χ4n) is 8.51. The van der Waals surface area contributed by atoms with Gasteiger partial charge in [-0.3, -0.25) is 43.8 Å². The summed E-state index contributed by atoms with van der Waals surface area (Å²) in [5, 5.41) is 48.6. The van der Waals surface area contributed by atoms with Crippen LogP contribution in [0.15, 0.2) is 91.0 Å². The first-order chi connectivity index (χ1) is 34.5. The predicted octanol–water partition coefficient (Wildman–Crippen LogP) is -0.791. The lowest BCUT2D eigenvalue weighted by Gasteiger charge is -2.29. The maximum Gasteiger partial charge on any atom is 0.326 e. The number of benzene rings is 3. The quantitative estimate of drug-likeness (QED) is 0.0267.